The molecule has 1 unspecified atom stereocenters. The molecule has 0 radical (unpaired) electrons. The second-order valence-corrected chi connectivity index (χ2v) is 4.71. The zero-order chi connectivity index (χ0) is 14.7. The monoisotopic (exact) mass is 286 g/mol. The first-order valence-corrected chi connectivity index (χ1v) is 6.66. The summed E-state index contributed by atoms with van der Waals surface area (Å²) in [6.45, 7) is 0.771. The fraction of sp³-hybridized carbons (Fsp3) is 0.200. The van der Waals surface area contributed by atoms with Gasteiger partial charge >= 0.3 is 0 Å². The summed E-state index contributed by atoms with van der Waals surface area (Å²) < 4.78 is 15.4. The zero-order valence-electron chi connectivity index (χ0n) is 11.3. The average Bonchev–Trinajstić information content (AvgIpc) is 2.91. The van der Waals surface area contributed by atoms with Gasteiger partial charge in [0.1, 0.15) is 5.82 Å². The van der Waals surface area contributed by atoms with Crippen molar-refractivity contribution >= 4 is 5.78 Å². The summed E-state index contributed by atoms with van der Waals surface area (Å²) >= 11 is 0. The van der Waals surface area contributed by atoms with Crippen molar-refractivity contribution in [3.63, 3.8) is 0 Å². The summed E-state index contributed by atoms with van der Waals surface area (Å²) in [7, 11) is 0. The van der Waals surface area contributed by atoms with Gasteiger partial charge in [0, 0.05) is 31.0 Å². The molecule has 0 aliphatic rings. The molecule has 2 aromatic heterocycles. The topological polar surface area (TPSA) is 62.5 Å². The van der Waals surface area contributed by atoms with Gasteiger partial charge in [-0.3, -0.25) is 4.40 Å². The molecule has 0 saturated heterocycles. The molecule has 6 heteroatoms. The molecule has 3 rings (SSSR count). The first kappa shape index (κ1) is 13.7. The van der Waals surface area contributed by atoms with Gasteiger partial charge in [-0.05, 0) is 12.1 Å². The van der Waals surface area contributed by atoms with E-state index in [4.69, 9.17) is 0 Å². The maximum absolute atomic E-state index is 13.5. The van der Waals surface area contributed by atoms with Crippen molar-refractivity contribution in [1.82, 2.24) is 19.7 Å². The van der Waals surface area contributed by atoms with E-state index in [0.717, 1.165) is 5.69 Å². The number of hydrogen-bond donors (Lipinski definition) is 2. The average molecular weight is 286 g/mol. The van der Waals surface area contributed by atoms with Crippen LogP contribution in [0.5, 0.6) is 0 Å². The van der Waals surface area contributed by atoms with E-state index < -0.39 is 11.9 Å². The van der Waals surface area contributed by atoms with Gasteiger partial charge < -0.3 is 10.4 Å². The quantitative estimate of drug-likeness (QED) is 0.749. The number of halogens is 1. The molecular formula is C15H15FN4O. The van der Waals surface area contributed by atoms with Gasteiger partial charge in [0.2, 0.25) is 5.78 Å². The van der Waals surface area contributed by atoms with Crippen LogP contribution in [0.4, 0.5) is 4.39 Å². The number of nitrogens with one attached hydrogen (secondary N) is 1. The Morgan fingerprint density at radius 3 is 2.95 bits per heavy atom. The van der Waals surface area contributed by atoms with E-state index >= 15 is 0 Å². The van der Waals surface area contributed by atoms with Crippen LogP contribution in [0, 0.1) is 5.82 Å². The lowest BCUT2D eigenvalue weighted by Crippen LogP contribution is -2.22. The second-order valence-electron chi connectivity index (χ2n) is 4.71. The van der Waals surface area contributed by atoms with E-state index in [1.165, 1.54) is 6.07 Å². The molecule has 2 heterocycles. The summed E-state index contributed by atoms with van der Waals surface area (Å²) in [5.41, 5.74) is 1.23. The maximum Gasteiger partial charge on any atom is 0.233 e. The Morgan fingerprint density at radius 2 is 2.10 bits per heavy atom. The van der Waals surface area contributed by atoms with Gasteiger partial charge in [-0.15, -0.1) is 0 Å². The van der Waals surface area contributed by atoms with E-state index in [9.17, 15) is 9.50 Å². The number of aliphatic hydroxyl groups is 1. The molecule has 0 bridgehead atoms. The number of rotatable bonds is 5. The number of benzene rings is 1. The Labute approximate surface area is 121 Å². The lowest BCUT2D eigenvalue weighted by molar-refractivity contribution is 0.169. The normalized spacial score (nSPS) is 12.7. The fourth-order valence-electron chi connectivity index (χ4n) is 2.20. The van der Waals surface area contributed by atoms with E-state index in [0.29, 0.717) is 17.9 Å². The molecule has 0 spiro atoms. The van der Waals surface area contributed by atoms with Crippen molar-refractivity contribution < 1.29 is 9.50 Å². The lowest BCUT2D eigenvalue weighted by atomic mass is 10.1. The first-order chi connectivity index (χ1) is 10.3. The highest BCUT2D eigenvalue weighted by Crippen LogP contribution is 2.15. The number of fused-ring (bicyclic) bond motifs is 1. The molecule has 0 saturated carbocycles. The number of aromatic nitrogens is 3. The van der Waals surface area contributed by atoms with E-state index in [2.05, 4.69) is 15.3 Å². The minimum absolute atomic E-state index is 0.258. The lowest BCUT2D eigenvalue weighted by Gasteiger charge is -2.12. The van der Waals surface area contributed by atoms with Crippen LogP contribution < -0.4 is 5.32 Å². The van der Waals surface area contributed by atoms with Gasteiger partial charge in [0.25, 0.3) is 0 Å². The number of imidazole rings is 1. The van der Waals surface area contributed by atoms with Crippen LogP contribution in [0.3, 0.4) is 0 Å². The fourth-order valence-corrected chi connectivity index (χ4v) is 2.20. The van der Waals surface area contributed by atoms with Crippen molar-refractivity contribution in [3.8, 4) is 0 Å². The van der Waals surface area contributed by atoms with Gasteiger partial charge in [-0.25, -0.2) is 14.4 Å². The Morgan fingerprint density at radius 1 is 1.24 bits per heavy atom. The molecule has 5 nitrogen and oxygen atoms in total. The second kappa shape index (κ2) is 5.99. The molecule has 1 aromatic carbocycles. The first-order valence-electron chi connectivity index (χ1n) is 6.66. The molecule has 3 aromatic rings. The number of aliphatic hydroxyl groups excluding tert-OH is 1. The molecule has 0 amide bonds. The van der Waals surface area contributed by atoms with Gasteiger partial charge in [0.05, 0.1) is 18.0 Å². The van der Waals surface area contributed by atoms with Crippen molar-refractivity contribution in [2.24, 2.45) is 0 Å². The van der Waals surface area contributed by atoms with Crippen LogP contribution >= 0.6 is 0 Å². The largest absolute Gasteiger partial charge is 0.387 e. The molecule has 21 heavy (non-hydrogen) atoms. The Hall–Kier alpha value is -2.31. The van der Waals surface area contributed by atoms with Crippen LogP contribution in [-0.4, -0.2) is 26.0 Å². The maximum atomic E-state index is 13.5. The highest BCUT2D eigenvalue weighted by atomic mass is 19.1. The Kier molecular flexibility index (Phi) is 3.89. The van der Waals surface area contributed by atoms with Crippen LogP contribution in [0.15, 0.2) is 48.9 Å². The van der Waals surface area contributed by atoms with Gasteiger partial charge in [-0.1, -0.05) is 18.2 Å². The predicted molar refractivity (Wildman–Crippen MR) is 76.1 cm³/mol. The Balaban J connectivity index is 1.62. The molecule has 0 fully saturated rings. The minimum Gasteiger partial charge on any atom is -0.387 e. The third-order valence-corrected chi connectivity index (χ3v) is 3.27. The van der Waals surface area contributed by atoms with Crippen molar-refractivity contribution in [1.29, 1.82) is 0 Å². The van der Waals surface area contributed by atoms with E-state index in [-0.39, 0.29) is 6.54 Å². The molecule has 2 N–H and O–H groups in total. The summed E-state index contributed by atoms with van der Waals surface area (Å²) in [5, 5.41) is 13.1. The molecule has 108 valence electrons. The third-order valence-electron chi connectivity index (χ3n) is 3.27. The molecule has 0 aliphatic carbocycles. The van der Waals surface area contributed by atoms with Crippen LogP contribution in [0.2, 0.25) is 0 Å². The summed E-state index contributed by atoms with van der Waals surface area (Å²) in [6.07, 6.45) is 4.40. The van der Waals surface area contributed by atoms with Gasteiger partial charge in [0.15, 0.2) is 0 Å². The van der Waals surface area contributed by atoms with Crippen LogP contribution in [0.1, 0.15) is 17.4 Å². The summed E-state index contributed by atoms with van der Waals surface area (Å²) in [6, 6.07) is 8.06. The summed E-state index contributed by atoms with van der Waals surface area (Å²) in [5.74, 6) is 0.231. The smallest absolute Gasteiger partial charge is 0.233 e. The van der Waals surface area contributed by atoms with Crippen molar-refractivity contribution in [2.75, 3.05) is 6.54 Å². The number of hydrogen-bond acceptors (Lipinski definition) is 4. The standard InChI is InChI=1S/C15H15FN4O/c16-13-5-2-1-4-12(13)14(21)10-17-8-11-9-19-15-18-6-3-7-20(11)15/h1-7,9,14,17,21H,8,10H2. The zero-order valence-corrected chi connectivity index (χ0v) is 11.3. The van der Waals surface area contributed by atoms with E-state index in [1.807, 2.05) is 16.7 Å². The SMILES string of the molecule is OC(CNCc1cnc2ncccn12)c1ccccc1F. The van der Waals surface area contributed by atoms with Crippen molar-refractivity contribution in [3.05, 3.63) is 66.0 Å². The van der Waals surface area contributed by atoms with Crippen LogP contribution in [0.25, 0.3) is 5.78 Å². The van der Waals surface area contributed by atoms with E-state index in [1.54, 1.807) is 30.6 Å². The highest BCUT2D eigenvalue weighted by Gasteiger charge is 2.12. The Bertz CT molecular complexity index is 743. The minimum atomic E-state index is -0.886. The number of nitrogens with zero attached hydrogens (tertiary/aromatic N) is 3. The van der Waals surface area contributed by atoms with Gasteiger partial charge in [-0.2, -0.15) is 0 Å². The predicted octanol–water partition coefficient (Wildman–Crippen LogP) is 1.69. The molecule has 0 aliphatic heterocycles. The summed E-state index contributed by atoms with van der Waals surface area (Å²) in [4.78, 5) is 8.31. The molecular weight excluding hydrogens is 271 g/mol. The highest BCUT2D eigenvalue weighted by molar-refractivity contribution is 5.30. The third kappa shape index (κ3) is 2.91. The van der Waals surface area contributed by atoms with Crippen molar-refractivity contribution in [2.45, 2.75) is 12.6 Å². The molecule has 1 atom stereocenters. The van der Waals surface area contributed by atoms with Crippen LogP contribution in [-0.2, 0) is 6.54 Å².